The summed E-state index contributed by atoms with van der Waals surface area (Å²) in [5.74, 6) is 0.631. The molecule has 0 radical (unpaired) electrons. The highest BCUT2D eigenvalue weighted by Crippen LogP contribution is 2.17. The van der Waals surface area contributed by atoms with Gasteiger partial charge in [-0.05, 0) is 31.4 Å². The molecule has 4 nitrogen and oxygen atoms in total. The number of hydrogen-bond acceptors (Lipinski definition) is 3. The minimum Gasteiger partial charge on any atom is -0.354 e. The fourth-order valence-electron chi connectivity index (χ4n) is 2.12. The van der Waals surface area contributed by atoms with Crippen LogP contribution in [0.25, 0.3) is 0 Å². The van der Waals surface area contributed by atoms with E-state index in [-0.39, 0.29) is 17.9 Å². The number of amides is 2. The van der Waals surface area contributed by atoms with Gasteiger partial charge in [-0.1, -0.05) is 18.2 Å². The quantitative estimate of drug-likeness (QED) is 0.816. The molecule has 2 N–H and O–H groups in total. The van der Waals surface area contributed by atoms with Gasteiger partial charge in [-0.15, -0.1) is 11.8 Å². The summed E-state index contributed by atoms with van der Waals surface area (Å²) in [6.45, 7) is 0.717. The molecule has 1 heterocycles. The van der Waals surface area contributed by atoms with Crippen LogP contribution in [0.5, 0.6) is 0 Å². The van der Waals surface area contributed by atoms with Crippen molar-refractivity contribution >= 4 is 23.6 Å². The molecule has 2 rings (SSSR count). The van der Waals surface area contributed by atoms with E-state index in [1.807, 2.05) is 30.3 Å². The van der Waals surface area contributed by atoms with Gasteiger partial charge in [0.25, 0.3) is 0 Å². The zero-order chi connectivity index (χ0) is 14.2. The van der Waals surface area contributed by atoms with E-state index in [0.717, 1.165) is 36.5 Å². The molecule has 1 aliphatic rings. The molecule has 0 bridgehead atoms. The maximum Gasteiger partial charge on any atom is 0.242 e. The molecule has 2 amide bonds. The van der Waals surface area contributed by atoms with Crippen LogP contribution in [0.15, 0.2) is 35.2 Å². The van der Waals surface area contributed by atoms with Crippen molar-refractivity contribution in [3.63, 3.8) is 0 Å². The van der Waals surface area contributed by atoms with Gasteiger partial charge in [0.15, 0.2) is 0 Å². The van der Waals surface area contributed by atoms with E-state index in [9.17, 15) is 9.59 Å². The number of carbonyl (C=O) groups is 2. The predicted molar refractivity (Wildman–Crippen MR) is 80.6 cm³/mol. The van der Waals surface area contributed by atoms with Gasteiger partial charge in [0.2, 0.25) is 11.8 Å². The Morgan fingerprint density at radius 1 is 1.30 bits per heavy atom. The number of thioether (sulfide) groups is 1. The molecule has 108 valence electrons. The Morgan fingerprint density at radius 2 is 2.10 bits per heavy atom. The zero-order valence-electron chi connectivity index (χ0n) is 11.4. The summed E-state index contributed by atoms with van der Waals surface area (Å²) in [4.78, 5) is 24.7. The van der Waals surface area contributed by atoms with E-state index in [1.165, 1.54) is 0 Å². The van der Waals surface area contributed by atoms with Gasteiger partial charge < -0.3 is 10.6 Å². The molecule has 5 heteroatoms. The average Bonchev–Trinajstić information content (AvgIpc) is 2.65. The van der Waals surface area contributed by atoms with Crippen LogP contribution in [0, 0.1) is 0 Å². The van der Waals surface area contributed by atoms with Gasteiger partial charge in [0.1, 0.15) is 6.04 Å². The maximum absolute atomic E-state index is 11.9. The van der Waals surface area contributed by atoms with E-state index in [2.05, 4.69) is 10.6 Å². The second-order valence-electron chi connectivity index (χ2n) is 4.82. The second kappa shape index (κ2) is 7.94. The summed E-state index contributed by atoms with van der Waals surface area (Å²) in [6.07, 6.45) is 3.14. The van der Waals surface area contributed by atoms with E-state index in [1.54, 1.807) is 11.8 Å². The third kappa shape index (κ3) is 4.89. The molecular weight excluding hydrogens is 272 g/mol. The van der Waals surface area contributed by atoms with Crippen molar-refractivity contribution in [1.82, 2.24) is 10.6 Å². The van der Waals surface area contributed by atoms with Gasteiger partial charge in [0, 0.05) is 23.6 Å². The Bertz CT molecular complexity index is 450. The van der Waals surface area contributed by atoms with Crippen molar-refractivity contribution < 1.29 is 9.59 Å². The van der Waals surface area contributed by atoms with E-state index >= 15 is 0 Å². The highest BCUT2D eigenvalue weighted by Gasteiger charge is 2.21. The zero-order valence-corrected chi connectivity index (χ0v) is 12.2. The van der Waals surface area contributed by atoms with Crippen LogP contribution in [0.1, 0.15) is 25.7 Å². The maximum atomic E-state index is 11.9. The number of rotatable bonds is 5. The van der Waals surface area contributed by atoms with Gasteiger partial charge in [-0.25, -0.2) is 0 Å². The van der Waals surface area contributed by atoms with Crippen LogP contribution in [0.2, 0.25) is 0 Å². The van der Waals surface area contributed by atoms with Crippen LogP contribution in [0.3, 0.4) is 0 Å². The molecule has 0 saturated carbocycles. The Balaban J connectivity index is 1.70. The van der Waals surface area contributed by atoms with Crippen molar-refractivity contribution in [1.29, 1.82) is 0 Å². The molecule has 1 saturated heterocycles. The first-order valence-electron chi connectivity index (χ1n) is 7.00. The minimum absolute atomic E-state index is 0.0459. The summed E-state index contributed by atoms with van der Waals surface area (Å²) in [5.41, 5.74) is 0. The molecule has 1 aromatic rings. The molecule has 0 aromatic heterocycles. The predicted octanol–water partition coefficient (Wildman–Crippen LogP) is 1.95. The molecule has 0 aliphatic carbocycles. The lowest BCUT2D eigenvalue weighted by Gasteiger charge is -2.15. The monoisotopic (exact) mass is 292 g/mol. The number of benzene rings is 1. The van der Waals surface area contributed by atoms with Crippen LogP contribution in [-0.4, -0.2) is 30.2 Å². The number of nitrogens with one attached hydrogen (secondary N) is 2. The minimum atomic E-state index is -0.355. The first kappa shape index (κ1) is 14.9. The summed E-state index contributed by atoms with van der Waals surface area (Å²) in [7, 11) is 0. The number of hydrogen-bond donors (Lipinski definition) is 2. The summed E-state index contributed by atoms with van der Waals surface area (Å²) in [6, 6.07) is 9.65. The van der Waals surface area contributed by atoms with E-state index in [0.29, 0.717) is 6.42 Å². The molecule has 0 unspecified atom stereocenters. The van der Waals surface area contributed by atoms with Crippen LogP contribution < -0.4 is 10.6 Å². The van der Waals surface area contributed by atoms with Crippen molar-refractivity contribution in [2.75, 3.05) is 12.3 Å². The molecule has 1 atom stereocenters. The Labute approximate surface area is 123 Å². The smallest absolute Gasteiger partial charge is 0.242 e. The molecule has 0 spiro atoms. The fourth-order valence-corrected chi connectivity index (χ4v) is 2.99. The highest BCUT2D eigenvalue weighted by molar-refractivity contribution is 7.99. The Kier molecular flexibility index (Phi) is 5.92. The lowest BCUT2D eigenvalue weighted by atomic mass is 10.1. The standard InChI is InChI=1S/C15H20N2O2S/c18-14(9-11-20-12-6-2-1-3-7-12)17-13-8-4-5-10-16-15(13)19/h1-3,6-7,13H,4-5,8-11H2,(H,16,19)(H,17,18)/t13-/m0/s1. The first-order chi connectivity index (χ1) is 9.75. The summed E-state index contributed by atoms with van der Waals surface area (Å²) in [5, 5.41) is 5.65. The lowest BCUT2D eigenvalue weighted by molar-refractivity contribution is -0.128. The van der Waals surface area contributed by atoms with Gasteiger partial charge >= 0.3 is 0 Å². The Morgan fingerprint density at radius 3 is 2.90 bits per heavy atom. The molecular formula is C15H20N2O2S. The Hall–Kier alpha value is -1.49. The largest absolute Gasteiger partial charge is 0.354 e. The van der Waals surface area contributed by atoms with Crippen molar-refractivity contribution in [3.05, 3.63) is 30.3 Å². The van der Waals surface area contributed by atoms with Crippen LogP contribution in [-0.2, 0) is 9.59 Å². The molecule has 20 heavy (non-hydrogen) atoms. The molecule has 1 aromatic carbocycles. The van der Waals surface area contributed by atoms with Crippen LogP contribution >= 0.6 is 11.8 Å². The van der Waals surface area contributed by atoms with Crippen molar-refractivity contribution in [2.45, 2.75) is 36.6 Å². The van der Waals surface area contributed by atoms with E-state index in [4.69, 9.17) is 0 Å². The number of carbonyl (C=O) groups excluding carboxylic acids is 2. The van der Waals surface area contributed by atoms with Crippen LogP contribution in [0.4, 0.5) is 0 Å². The fraction of sp³-hybridized carbons (Fsp3) is 0.467. The second-order valence-corrected chi connectivity index (χ2v) is 5.99. The first-order valence-corrected chi connectivity index (χ1v) is 7.99. The lowest BCUT2D eigenvalue weighted by Crippen LogP contribution is -2.45. The van der Waals surface area contributed by atoms with Gasteiger partial charge in [-0.3, -0.25) is 9.59 Å². The van der Waals surface area contributed by atoms with Crippen molar-refractivity contribution in [3.8, 4) is 0 Å². The van der Waals surface area contributed by atoms with E-state index < -0.39 is 0 Å². The molecule has 1 fully saturated rings. The highest BCUT2D eigenvalue weighted by atomic mass is 32.2. The van der Waals surface area contributed by atoms with Gasteiger partial charge in [0.05, 0.1) is 0 Å². The van der Waals surface area contributed by atoms with Gasteiger partial charge in [-0.2, -0.15) is 0 Å². The average molecular weight is 292 g/mol. The normalized spacial score (nSPS) is 19.0. The molecule has 1 aliphatic heterocycles. The third-order valence-corrected chi connectivity index (χ3v) is 4.23. The SMILES string of the molecule is O=C(CCSc1ccccc1)N[C@H]1CCCCNC1=O. The third-order valence-electron chi connectivity index (χ3n) is 3.21. The van der Waals surface area contributed by atoms with Crippen molar-refractivity contribution in [2.24, 2.45) is 0 Å². The summed E-state index contributed by atoms with van der Waals surface area (Å²) < 4.78 is 0. The topological polar surface area (TPSA) is 58.2 Å². The summed E-state index contributed by atoms with van der Waals surface area (Å²) >= 11 is 1.65.